The van der Waals surface area contributed by atoms with Crippen LogP contribution in [0.15, 0.2) is 59.4 Å². The summed E-state index contributed by atoms with van der Waals surface area (Å²) in [5, 5.41) is 5.87. The lowest BCUT2D eigenvalue weighted by molar-refractivity contribution is -0.135. The van der Waals surface area contributed by atoms with Crippen molar-refractivity contribution in [1.82, 2.24) is 15.2 Å². The van der Waals surface area contributed by atoms with E-state index in [1.165, 1.54) is 0 Å². The predicted octanol–water partition coefficient (Wildman–Crippen LogP) is 3.92. The average Bonchev–Trinajstić information content (AvgIpc) is 3.19. The predicted molar refractivity (Wildman–Crippen MR) is 138 cm³/mol. The number of anilines is 1. The molecule has 4 aliphatic rings. The summed E-state index contributed by atoms with van der Waals surface area (Å²) in [4.78, 5) is 50.0. The molecule has 2 aliphatic heterocycles. The summed E-state index contributed by atoms with van der Waals surface area (Å²) in [6, 6.07) is 3.79. The summed E-state index contributed by atoms with van der Waals surface area (Å²) in [5.74, 6) is 0.188. The van der Waals surface area contributed by atoms with Crippen LogP contribution in [0.5, 0.6) is 0 Å². The maximum atomic E-state index is 13.1. The van der Waals surface area contributed by atoms with Crippen LogP contribution in [0.3, 0.4) is 0 Å². The Hall–Kier alpha value is -3.55. The molecule has 36 heavy (non-hydrogen) atoms. The van der Waals surface area contributed by atoms with Gasteiger partial charge in [0, 0.05) is 17.5 Å². The van der Waals surface area contributed by atoms with Gasteiger partial charge in [0.15, 0.2) is 0 Å². The number of hydrogen-bond acceptors (Lipinski definition) is 5. The highest BCUT2D eigenvalue weighted by Gasteiger charge is 2.47. The quantitative estimate of drug-likeness (QED) is 0.672. The Kier molecular flexibility index (Phi) is 6.60. The molecule has 1 aromatic heterocycles. The van der Waals surface area contributed by atoms with Crippen molar-refractivity contribution in [2.45, 2.75) is 75.8 Å². The number of nitrogens with zero attached hydrogens (tertiary/aromatic N) is 3. The largest absolute Gasteiger partial charge is 0.325 e. The van der Waals surface area contributed by atoms with E-state index in [9.17, 15) is 14.4 Å². The summed E-state index contributed by atoms with van der Waals surface area (Å²) in [6.45, 7) is 1.92. The van der Waals surface area contributed by atoms with Gasteiger partial charge in [0.25, 0.3) is 5.91 Å². The molecule has 2 aliphatic carbocycles. The Balaban J connectivity index is 1.30. The minimum Gasteiger partial charge on any atom is -0.325 e. The number of pyridine rings is 1. The summed E-state index contributed by atoms with van der Waals surface area (Å²) >= 11 is 0. The molecular formula is C28H33N5O3. The number of hydrogen-bond donors (Lipinski definition) is 2. The highest BCUT2D eigenvalue weighted by atomic mass is 16.2. The maximum absolute atomic E-state index is 13.1. The van der Waals surface area contributed by atoms with Crippen molar-refractivity contribution >= 4 is 29.3 Å². The number of nitrogens with one attached hydrogen (secondary N) is 2. The normalized spacial score (nSPS) is 28.2. The first-order valence-corrected chi connectivity index (χ1v) is 13.0. The van der Waals surface area contributed by atoms with Crippen molar-refractivity contribution in [2.75, 3.05) is 11.9 Å². The van der Waals surface area contributed by atoms with Gasteiger partial charge < -0.3 is 15.5 Å². The van der Waals surface area contributed by atoms with Crippen LogP contribution < -0.4 is 10.6 Å². The standard InChI is InChI=1S/C28H33N5O3/c1-2-22-25(35)33(28(32-22)16-6-3-4-7-17-28)19-23(34)30-20-11-5-8-14-27(15-9-12-20)21-13-10-18-29-24(21)31-26(27)36/h5,8-13,18H,2-4,6-7,14-17,19H2,1H3,(H,30,34)(H,29,31,36)/b8-5+,12-9+,20-11+/t27-/m1/s1. The van der Waals surface area contributed by atoms with E-state index in [0.717, 1.165) is 44.1 Å². The number of aromatic nitrogens is 1. The Morgan fingerprint density at radius 1 is 1.14 bits per heavy atom. The fourth-order valence-corrected chi connectivity index (χ4v) is 5.87. The van der Waals surface area contributed by atoms with E-state index in [1.807, 2.05) is 49.4 Å². The van der Waals surface area contributed by atoms with E-state index in [1.54, 1.807) is 11.1 Å². The van der Waals surface area contributed by atoms with Gasteiger partial charge in [-0.15, -0.1) is 0 Å². The summed E-state index contributed by atoms with van der Waals surface area (Å²) in [5.41, 5.74) is 0.791. The molecule has 3 amide bonds. The molecule has 8 nitrogen and oxygen atoms in total. The summed E-state index contributed by atoms with van der Waals surface area (Å²) in [6.07, 6.45) is 18.6. The van der Waals surface area contributed by atoms with Gasteiger partial charge in [-0.25, -0.2) is 4.98 Å². The molecule has 1 fully saturated rings. The van der Waals surface area contributed by atoms with E-state index in [0.29, 0.717) is 36.5 Å². The highest BCUT2D eigenvalue weighted by molar-refractivity contribution is 6.40. The van der Waals surface area contributed by atoms with Gasteiger partial charge >= 0.3 is 0 Å². The Labute approximate surface area is 211 Å². The number of rotatable bonds is 4. The Bertz CT molecular complexity index is 1190. The van der Waals surface area contributed by atoms with E-state index in [2.05, 4.69) is 15.6 Å². The third-order valence-corrected chi connectivity index (χ3v) is 7.79. The van der Waals surface area contributed by atoms with Gasteiger partial charge in [-0.3, -0.25) is 19.4 Å². The van der Waals surface area contributed by atoms with Crippen LogP contribution in [0.1, 0.15) is 70.3 Å². The van der Waals surface area contributed by atoms with Crippen LogP contribution in [0.25, 0.3) is 0 Å². The van der Waals surface area contributed by atoms with Crippen molar-refractivity contribution in [1.29, 1.82) is 0 Å². The van der Waals surface area contributed by atoms with E-state index in [4.69, 9.17) is 4.99 Å². The van der Waals surface area contributed by atoms with Crippen molar-refractivity contribution in [3.8, 4) is 0 Å². The molecule has 0 saturated heterocycles. The fourth-order valence-electron chi connectivity index (χ4n) is 5.87. The summed E-state index contributed by atoms with van der Waals surface area (Å²) in [7, 11) is 0. The molecule has 188 valence electrons. The van der Waals surface area contributed by atoms with Gasteiger partial charge in [0.05, 0.1) is 5.41 Å². The van der Waals surface area contributed by atoms with E-state index >= 15 is 0 Å². The van der Waals surface area contributed by atoms with Crippen LogP contribution in [0.4, 0.5) is 5.82 Å². The monoisotopic (exact) mass is 487 g/mol. The number of carbonyl (C=O) groups excluding carboxylic acids is 3. The number of fused-ring (bicyclic) bond motifs is 2. The van der Waals surface area contributed by atoms with E-state index < -0.39 is 11.1 Å². The van der Waals surface area contributed by atoms with Crippen molar-refractivity contribution in [3.05, 3.63) is 60.0 Å². The van der Waals surface area contributed by atoms with Crippen LogP contribution >= 0.6 is 0 Å². The lowest BCUT2D eigenvalue weighted by atomic mass is 9.76. The fraction of sp³-hybridized carbons (Fsp3) is 0.464. The third kappa shape index (κ3) is 4.29. The molecule has 1 saturated carbocycles. The smallest absolute Gasteiger partial charge is 0.270 e. The minimum atomic E-state index is -0.717. The molecule has 1 atom stereocenters. The van der Waals surface area contributed by atoms with Crippen molar-refractivity contribution in [3.63, 3.8) is 0 Å². The maximum Gasteiger partial charge on any atom is 0.270 e. The van der Waals surface area contributed by atoms with Crippen LogP contribution in [0, 0.1) is 0 Å². The number of carbonyl (C=O) groups is 3. The average molecular weight is 488 g/mol. The molecule has 1 aromatic rings. The molecule has 2 N–H and O–H groups in total. The number of amides is 3. The first kappa shape index (κ1) is 24.2. The van der Waals surface area contributed by atoms with Gasteiger partial charge in [0.1, 0.15) is 23.7 Å². The van der Waals surface area contributed by atoms with Crippen LogP contribution in [0.2, 0.25) is 0 Å². The zero-order valence-electron chi connectivity index (χ0n) is 20.8. The molecule has 3 heterocycles. The number of aliphatic imine (C=N–C) groups is 1. The highest BCUT2D eigenvalue weighted by Crippen LogP contribution is 2.43. The second kappa shape index (κ2) is 9.84. The molecule has 0 aromatic carbocycles. The zero-order valence-corrected chi connectivity index (χ0v) is 20.8. The lowest BCUT2D eigenvalue weighted by Crippen LogP contribution is -2.50. The molecule has 0 unspecified atom stereocenters. The van der Waals surface area contributed by atoms with Crippen LogP contribution in [-0.4, -0.2) is 45.5 Å². The minimum absolute atomic E-state index is 0.0217. The van der Waals surface area contributed by atoms with E-state index in [-0.39, 0.29) is 24.3 Å². The van der Waals surface area contributed by atoms with Gasteiger partial charge in [-0.1, -0.05) is 44.1 Å². The molecule has 8 heteroatoms. The topological polar surface area (TPSA) is 104 Å². The Morgan fingerprint density at radius 2 is 1.92 bits per heavy atom. The third-order valence-electron chi connectivity index (χ3n) is 7.79. The first-order chi connectivity index (χ1) is 17.5. The van der Waals surface area contributed by atoms with Crippen LogP contribution in [-0.2, 0) is 19.8 Å². The molecule has 2 spiro atoms. The second-order valence-corrected chi connectivity index (χ2v) is 10.0. The molecule has 5 rings (SSSR count). The van der Waals surface area contributed by atoms with Gasteiger partial charge in [-0.05, 0) is 63.2 Å². The summed E-state index contributed by atoms with van der Waals surface area (Å²) < 4.78 is 0. The van der Waals surface area contributed by atoms with Gasteiger partial charge in [0.2, 0.25) is 11.8 Å². The van der Waals surface area contributed by atoms with Gasteiger partial charge in [-0.2, -0.15) is 0 Å². The van der Waals surface area contributed by atoms with Crippen molar-refractivity contribution < 1.29 is 14.4 Å². The molecule has 0 bridgehead atoms. The number of allylic oxidation sites excluding steroid dienone is 5. The zero-order chi connectivity index (χ0) is 25.2. The second-order valence-electron chi connectivity index (χ2n) is 10.0. The molecular weight excluding hydrogens is 454 g/mol. The lowest BCUT2D eigenvalue weighted by Gasteiger charge is -2.35. The SMILES string of the molecule is CCC1=NC2(CCCCCC2)N(CC(=O)NC2=C/C=C/C[C@]3(C\C=C\2)C(=O)Nc2ncccc23)C1=O. The van der Waals surface area contributed by atoms with Crippen molar-refractivity contribution in [2.24, 2.45) is 4.99 Å². The Morgan fingerprint density at radius 3 is 2.69 bits per heavy atom. The first-order valence-electron chi connectivity index (χ1n) is 13.0. The molecule has 0 radical (unpaired) electrons.